The van der Waals surface area contributed by atoms with Crippen LogP contribution in [0.15, 0.2) is 11.6 Å². The predicted molar refractivity (Wildman–Crippen MR) is 45.7 cm³/mol. The van der Waals surface area contributed by atoms with E-state index in [0.29, 0.717) is 6.61 Å². The van der Waals surface area contributed by atoms with Crippen molar-refractivity contribution in [3.05, 3.63) is 11.6 Å². The van der Waals surface area contributed by atoms with Crippen LogP contribution in [-0.4, -0.2) is 30.2 Å². The second-order valence-electron chi connectivity index (χ2n) is 3.54. The first-order valence-corrected chi connectivity index (χ1v) is 4.13. The topological polar surface area (TPSA) is 38.7 Å². The van der Waals surface area contributed by atoms with Crippen LogP contribution in [0.4, 0.5) is 0 Å². The molecule has 1 heterocycles. The fourth-order valence-electron chi connectivity index (χ4n) is 1.17. The molecule has 3 nitrogen and oxygen atoms in total. The molecule has 3 heteroatoms. The van der Waals surface area contributed by atoms with Gasteiger partial charge in [-0.05, 0) is 26.3 Å². The molecule has 0 aromatic carbocycles. The summed E-state index contributed by atoms with van der Waals surface area (Å²) in [5.41, 5.74) is 0.918. The Morgan fingerprint density at radius 1 is 1.67 bits per heavy atom. The highest BCUT2D eigenvalue weighted by molar-refractivity contribution is 5.03. The zero-order valence-electron chi connectivity index (χ0n) is 7.83. The Morgan fingerprint density at radius 3 is 2.75 bits per heavy atom. The van der Waals surface area contributed by atoms with Gasteiger partial charge in [0.25, 0.3) is 0 Å². The summed E-state index contributed by atoms with van der Waals surface area (Å²) >= 11 is 0. The molecule has 0 spiro atoms. The Balaban J connectivity index is 2.48. The van der Waals surface area contributed by atoms with E-state index in [1.807, 2.05) is 26.8 Å². The number of rotatable bonds is 2. The molecular weight excluding hydrogens is 156 g/mol. The highest BCUT2D eigenvalue weighted by Gasteiger charge is 2.31. The molecule has 0 radical (unpaired) electrons. The molecule has 0 aromatic heterocycles. The standard InChI is InChI=1S/C9H16O3/c1-7(5-10)4-8-6-11-9(2,3)12-8/h4,8,10H,5-6H2,1-3H3/b7-4+. The van der Waals surface area contributed by atoms with Gasteiger partial charge in [-0.25, -0.2) is 0 Å². The molecule has 0 aliphatic carbocycles. The largest absolute Gasteiger partial charge is 0.392 e. The monoisotopic (exact) mass is 172 g/mol. The van der Waals surface area contributed by atoms with Crippen LogP contribution in [0.1, 0.15) is 20.8 Å². The average Bonchev–Trinajstić information content (AvgIpc) is 2.30. The Bertz CT molecular complexity index is 184. The predicted octanol–water partition coefficient (Wildman–Crippen LogP) is 1.08. The SMILES string of the molecule is C/C(=C\C1COC(C)(C)O1)CO. The summed E-state index contributed by atoms with van der Waals surface area (Å²) in [6.07, 6.45) is 1.89. The average molecular weight is 172 g/mol. The van der Waals surface area contributed by atoms with Gasteiger partial charge in [0.05, 0.1) is 13.2 Å². The molecule has 0 amide bonds. The molecule has 1 N–H and O–H groups in total. The molecule has 1 atom stereocenters. The number of hydrogen-bond acceptors (Lipinski definition) is 3. The van der Waals surface area contributed by atoms with Crippen LogP contribution >= 0.6 is 0 Å². The molecule has 0 saturated carbocycles. The van der Waals surface area contributed by atoms with E-state index in [1.165, 1.54) is 0 Å². The van der Waals surface area contributed by atoms with Gasteiger partial charge in [0, 0.05) is 0 Å². The summed E-state index contributed by atoms with van der Waals surface area (Å²) in [5.74, 6) is -0.475. The third-order valence-electron chi connectivity index (χ3n) is 1.75. The quantitative estimate of drug-likeness (QED) is 0.633. The highest BCUT2D eigenvalue weighted by Crippen LogP contribution is 2.23. The van der Waals surface area contributed by atoms with Gasteiger partial charge in [0.15, 0.2) is 5.79 Å². The van der Waals surface area contributed by atoms with Gasteiger partial charge in [0.2, 0.25) is 0 Å². The van der Waals surface area contributed by atoms with Crippen molar-refractivity contribution in [2.75, 3.05) is 13.2 Å². The van der Waals surface area contributed by atoms with Crippen LogP contribution in [0.2, 0.25) is 0 Å². The first kappa shape index (κ1) is 9.71. The Hall–Kier alpha value is -0.380. The van der Waals surface area contributed by atoms with Crippen molar-refractivity contribution < 1.29 is 14.6 Å². The lowest BCUT2D eigenvalue weighted by molar-refractivity contribution is -0.133. The van der Waals surface area contributed by atoms with Gasteiger partial charge in [-0.15, -0.1) is 0 Å². The van der Waals surface area contributed by atoms with Crippen molar-refractivity contribution in [3.63, 3.8) is 0 Å². The molecule has 12 heavy (non-hydrogen) atoms. The maximum absolute atomic E-state index is 8.76. The first-order chi connectivity index (χ1) is 5.53. The summed E-state index contributed by atoms with van der Waals surface area (Å²) < 4.78 is 10.9. The number of ether oxygens (including phenoxy) is 2. The fourth-order valence-corrected chi connectivity index (χ4v) is 1.17. The second-order valence-corrected chi connectivity index (χ2v) is 3.54. The molecule has 70 valence electrons. The Labute approximate surface area is 73.0 Å². The zero-order chi connectivity index (χ0) is 9.19. The van der Waals surface area contributed by atoms with Gasteiger partial charge in [0.1, 0.15) is 6.10 Å². The van der Waals surface area contributed by atoms with E-state index < -0.39 is 5.79 Å². The van der Waals surface area contributed by atoms with Crippen LogP contribution in [0.5, 0.6) is 0 Å². The lowest BCUT2D eigenvalue weighted by Crippen LogP contribution is -2.20. The molecule has 1 aliphatic heterocycles. The summed E-state index contributed by atoms with van der Waals surface area (Å²) in [5, 5.41) is 8.76. The first-order valence-electron chi connectivity index (χ1n) is 4.13. The Kier molecular flexibility index (Phi) is 2.88. The van der Waals surface area contributed by atoms with Crippen molar-refractivity contribution in [2.45, 2.75) is 32.7 Å². The number of aliphatic hydroxyl groups excluding tert-OH is 1. The minimum atomic E-state index is -0.475. The molecule has 1 rings (SSSR count). The summed E-state index contributed by atoms with van der Waals surface area (Å²) in [7, 11) is 0. The lowest BCUT2D eigenvalue weighted by atomic mass is 10.2. The third-order valence-corrected chi connectivity index (χ3v) is 1.75. The third kappa shape index (κ3) is 2.59. The minimum absolute atomic E-state index is 0.00727. The normalized spacial score (nSPS) is 29.3. The van der Waals surface area contributed by atoms with Crippen LogP contribution in [0.3, 0.4) is 0 Å². The number of aliphatic hydroxyl groups is 1. The van der Waals surface area contributed by atoms with E-state index in [2.05, 4.69) is 0 Å². The molecule has 1 aliphatic rings. The van der Waals surface area contributed by atoms with E-state index in [1.54, 1.807) is 0 Å². The molecular formula is C9H16O3. The summed E-state index contributed by atoms with van der Waals surface area (Å²) in [6.45, 7) is 6.30. The molecule has 1 fully saturated rings. The highest BCUT2D eigenvalue weighted by atomic mass is 16.7. The maximum Gasteiger partial charge on any atom is 0.163 e. The zero-order valence-corrected chi connectivity index (χ0v) is 7.83. The van der Waals surface area contributed by atoms with Crippen molar-refractivity contribution >= 4 is 0 Å². The molecule has 0 aromatic rings. The molecule has 1 saturated heterocycles. The van der Waals surface area contributed by atoms with Crippen LogP contribution in [0.25, 0.3) is 0 Å². The van der Waals surface area contributed by atoms with Crippen molar-refractivity contribution in [3.8, 4) is 0 Å². The van der Waals surface area contributed by atoms with Gasteiger partial charge in [-0.2, -0.15) is 0 Å². The minimum Gasteiger partial charge on any atom is -0.392 e. The van der Waals surface area contributed by atoms with Crippen LogP contribution in [-0.2, 0) is 9.47 Å². The molecule has 0 bridgehead atoms. The van der Waals surface area contributed by atoms with E-state index >= 15 is 0 Å². The summed E-state index contributed by atoms with van der Waals surface area (Å²) in [4.78, 5) is 0. The van der Waals surface area contributed by atoms with Crippen molar-refractivity contribution in [1.82, 2.24) is 0 Å². The van der Waals surface area contributed by atoms with Gasteiger partial charge >= 0.3 is 0 Å². The van der Waals surface area contributed by atoms with E-state index in [-0.39, 0.29) is 12.7 Å². The van der Waals surface area contributed by atoms with Crippen LogP contribution < -0.4 is 0 Å². The summed E-state index contributed by atoms with van der Waals surface area (Å²) in [6, 6.07) is 0. The van der Waals surface area contributed by atoms with Gasteiger partial charge in [-0.3, -0.25) is 0 Å². The fraction of sp³-hybridized carbons (Fsp3) is 0.778. The van der Waals surface area contributed by atoms with Crippen LogP contribution in [0, 0.1) is 0 Å². The van der Waals surface area contributed by atoms with Gasteiger partial charge < -0.3 is 14.6 Å². The van der Waals surface area contributed by atoms with E-state index in [9.17, 15) is 0 Å². The van der Waals surface area contributed by atoms with Crippen molar-refractivity contribution in [1.29, 1.82) is 0 Å². The Morgan fingerprint density at radius 2 is 2.33 bits per heavy atom. The molecule has 1 unspecified atom stereocenters. The second kappa shape index (κ2) is 3.56. The smallest absolute Gasteiger partial charge is 0.163 e. The van der Waals surface area contributed by atoms with Crippen molar-refractivity contribution in [2.24, 2.45) is 0 Å². The van der Waals surface area contributed by atoms with E-state index in [0.717, 1.165) is 5.57 Å². The number of hydrogen-bond donors (Lipinski definition) is 1. The van der Waals surface area contributed by atoms with E-state index in [4.69, 9.17) is 14.6 Å². The van der Waals surface area contributed by atoms with Gasteiger partial charge in [-0.1, -0.05) is 6.08 Å². The maximum atomic E-state index is 8.76. The lowest BCUT2D eigenvalue weighted by Gasteiger charge is -2.15.